The smallest absolute Gasteiger partial charge is 0.311 e. The van der Waals surface area contributed by atoms with Crippen molar-refractivity contribution in [2.45, 2.75) is 39.4 Å². The molecule has 3 heteroatoms. The van der Waals surface area contributed by atoms with Crippen molar-refractivity contribution in [3.8, 4) is 0 Å². The normalized spacial score (nSPS) is 42.5. The average Bonchev–Trinajstić information content (AvgIpc) is 2.08. The molecule has 3 unspecified atom stereocenters. The predicted molar refractivity (Wildman–Crippen MR) is 44.5 cm³/mol. The number of carbonyl (C=O) groups excluding carboxylic acids is 1. The van der Waals surface area contributed by atoms with Crippen molar-refractivity contribution in [2.24, 2.45) is 11.8 Å². The fourth-order valence-corrected chi connectivity index (χ4v) is 1.63. The molecule has 0 spiro atoms. The highest BCUT2D eigenvalue weighted by molar-refractivity contribution is 5.73. The average molecular weight is 172 g/mol. The number of aliphatic hydroxyl groups excluding tert-OH is 1. The Balaban J connectivity index is 2.70. The molecule has 0 radical (unpaired) electrons. The fourth-order valence-electron chi connectivity index (χ4n) is 1.63. The third-order valence-electron chi connectivity index (χ3n) is 2.68. The summed E-state index contributed by atoms with van der Waals surface area (Å²) in [5.74, 6) is -0.585. The minimum absolute atomic E-state index is 0.0581. The Morgan fingerprint density at radius 3 is 2.58 bits per heavy atom. The second kappa shape index (κ2) is 3.44. The van der Waals surface area contributed by atoms with Crippen LogP contribution in [-0.4, -0.2) is 23.3 Å². The molecule has 1 N–H and O–H groups in total. The predicted octanol–water partition coefficient (Wildman–Crippen LogP) is 0.955. The van der Waals surface area contributed by atoms with Gasteiger partial charge in [-0.3, -0.25) is 4.79 Å². The molecule has 4 atom stereocenters. The van der Waals surface area contributed by atoms with Crippen LogP contribution in [0.25, 0.3) is 0 Å². The quantitative estimate of drug-likeness (QED) is 0.599. The van der Waals surface area contributed by atoms with Gasteiger partial charge in [0, 0.05) is 5.92 Å². The van der Waals surface area contributed by atoms with E-state index < -0.39 is 6.10 Å². The number of carbonyl (C=O) groups is 1. The van der Waals surface area contributed by atoms with Crippen molar-refractivity contribution in [1.29, 1.82) is 0 Å². The maximum Gasteiger partial charge on any atom is 0.311 e. The molecular formula is C9H16O3. The highest BCUT2D eigenvalue weighted by atomic mass is 16.5. The summed E-state index contributed by atoms with van der Waals surface area (Å²) in [6.07, 6.45) is 0.122. The summed E-state index contributed by atoms with van der Waals surface area (Å²) in [7, 11) is 0. The lowest BCUT2D eigenvalue weighted by Gasteiger charge is -2.35. The second-order valence-electron chi connectivity index (χ2n) is 3.52. The van der Waals surface area contributed by atoms with Crippen molar-refractivity contribution in [1.82, 2.24) is 0 Å². The van der Waals surface area contributed by atoms with Crippen molar-refractivity contribution >= 4 is 5.97 Å². The highest BCUT2D eigenvalue weighted by Crippen LogP contribution is 2.27. The van der Waals surface area contributed by atoms with Crippen molar-refractivity contribution in [3.63, 3.8) is 0 Å². The first-order chi connectivity index (χ1) is 5.57. The molecule has 0 aromatic carbocycles. The fraction of sp³-hybridized carbons (Fsp3) is 0.889. The molecule has 1 rings (SSSR count). The second-order valence-corrected chi connectivity index (χ2v) is 3.52. The van der Waals surface area contributed by atoms with E-state index in [1.54, 1.807) is 6.92 Å². The summed E-state index contributed by atoms with van der Waals surface area (Å²) < 4.78 is 5.13. The summed E-state index contributed by atoms with van der Waals surface area (Å²) in [5, 5.41) is 9.62. The lowest BCUT2D eigenvalue weighted by molar-refractivity contribution is -0.177. The van der Waals surface area contributed by atoms with Gasteiger partial charge in [-0.05, 0) is 13.3 Å². The highest BCUT2D eigenvalue weighted by Gasteiger charge is 2.39. The van der Waals surface area contributed by atoms with Crippen LogP contribution in [0.3, 0.4) is 0 Å². The summed E-state index contributed by atoms with van der Waals surface area (Å²) in [6, 6.07) is 0. The van der Waals surface area contributed by atoms with Crippen LogP contribution in [0.1, 0.15) is 27.2 Å². The van der Waals surface area contributed by atoms with E-state index >= 15 is 0 Å². The molecule has 0 amide bonds. The van der Waals surface area contributed by atoms with Crippen LogP contribution in [0.4, 0.5) is 0 Å². The zero-order valence-electron chi connectivity index (χ0n) is 7.78. The number of rotatable bonds is 1. The molecule has 0 bridgehead atoms. The summed E-state index contributed by atoms with van der Waals surface area (Å²) in [4.78, 5) is 11.1. The Labute approximate surface area is 72.7 Å². The molecular weight excluding hydrogens is 156 g/mol. The number of aliphatic hydroxyl groups is 1. The minimum Gasteiger partial charge on any atom is -0.462 e. The summed E-state index contributed by atoms with van der Waals surface area (Å²) in [5.41, 5.74) is 0. The van der Waals surface area contributed by atoms with Gasteiger partial charge in [-0.2, -0.15) is 0 Å². The molecule has 0 aromatic heterocycles. The largest absolute Gasteiger partial charge is 0.462 e. The first kappa shape index (κ1) is 9.52. The lowest BCUT2D eigenvalue weighted by Crippen LogP contribution is -2.46. The Morgan fingerprint density at radius 1 is 1.50 bits per heavy atom. The van der Waals surface area contributed by atoms with Gasteiger partial charge in [0.2, 0.25) is 0 Å². The molecule has 3 nitrogen and oxygen atoms in total. The van der Waals surface area contributed by atoms with Gasteiger partial charge in [-0.25, -0.2) is 0 Å². The van der Waals surface area contributed by atoms with Gasteiger partial charge < -0.3 is 9.84 Å². The first-order valence-corrected chi connectivity index (χ1v) is 4.46. The molecule has 70 valence electrons. The topological polar surface area (TPSA) is 46.5 Å². The van der Waals surface area contributed by atoms with E-state index in [1.165, 1.54) is 0 Å². The Kier molecular flexibility index (Phi) is 2.73. The van der Waals surface area contributed by atoms with Gasteiger partial charge in [0.1, 0.15) is 6.10 Å². The van der Waals surface area contributed by atoms with Crippen molar-refractivity contribution < 1.29 is 14.6 Å². The molecule has 1 heterocycles. The van der Waals surface area contributed by atoms with Gasteiger partial charge in [-0.1, -0.05) is 13.8 Å². The van der Waals surface area contributed by atoms with E-state index in [0.29, 0.717) is 0 Å². The van der Waals surface area contributed by atoms with Crippen LogP contribution >= 0.6 is 0 Å². The number of cyclic esters (lactones) is 1. The van der Waals surface area contributed by atoms with Gasteiger partial charge >= 0.3 is 5.97 Å². The zero-order chi connectivity index (χ0) is 9.30. The number of ether oxygens (including phenoxy) is 1. The Bertz CT molecular complexity index is 177. The molecule has 1 fully saturated rings. The van der Waals surface area contributed by atoms with Crippen LogP contribution in [0, 0.1) is 11.8 Å². The molecule has 0 aromatic rings. The first-order valence-electron chi connectivity index (χ1n) is 4.46. The van der Waals surface area contributed by atoms with Gasteiger partial charge in [0.05, 0.1) is 12.0 Å². The van der Waals surface area contributed by atoms with Gasteiger partial charge in [-0.15, -0.1) is 0 Å². The SMILES string of the molecule is CCC1OC(=O)C(C)[C@@H](O)C1C. The Morgan fingerprint density at radius 2 is 2.08 bits per heavy atom. The molecule has 1 aliphatic rings. The molecule has 1 saturated heterocycles. The molecule has 12 heavy (non-hydrogen) atoms. The monoisotopic (exact) mass is 172 g/mol. The molecule has 1 aliphatic heterocycles. The maximum absolute atomic E-state index is 11.1. The van der Waals surface area contributed by atoms with Crippen LogP contribution in [-0.2, 0) is 9.53 Å². The van der Waals surface area contributed by atoms with E-state index in [-0.39, 0.29) is 23.9 Å². The van der Waals surface area contributed by atoms with Crippen molar-refractivity contribution in [2.75, 3.05) is 0 Å². The third kappa shape index (κ3) is 1.46. The maximum atomic E-state index is 11.1. The standard InChI is InChI=1S/C9H16O3/c1-4-7-5(2)8(10)6(3)9(11)12-7/h5-8,10H,4H2,1-3H3/t5?,6?,7?,8-/m0/s1. The number of hydrogen-bond acceptors (Lipinski definition) is 3. The van der Waals surface area contributed by atoms with Crippen LogP contribution in [0.15, 0.2) is 0 Å². The van der Waals surface area contributed by atoms with E-state index in [2.05, 4.69) is 0 Å². The number of esters is 1. The van der Waals surface area contributed by atoms with Crippen LogP contribution < -0.4 is 0 Å². The van der Waals surface area contributed by atoms with E-state index in [1.807, 2.05) is 13.8 Å². The summed E-state index contributed by atoms with van der Waals surface area (Å²) >= 11 is 0. The van der Waals surface area contributed by atoms with Gasteiger partial charge in [0.15, 0.2) is 0 Å². The minimum atomic E-state index is -0.545. The third-order valence-corrected chi connectivity index (χ3v) is 2.68. The van der Waals surface area contributed by atoms with Crippen molar-refractivity contribution in [3.05, 3.63) is 0 Å². The zero-order valence-corrected chi connectivity index (χ0v) is 7.78. The lowest BCUT2D eigenvalue weighted by atomic mass is 9.85. The van der Waals surface area contributed by atoms with Crippen LogP contribution in [0.5, 0.6) is 0 Å². The van der Waals surface area contributed by atoms with Crippen LogP contribution in [0.2, 0.25) is 0 Å². The summed E-state index contributed by atoms with van der Waals surface area (Å²) in [6.45, 7) is 5.58. The van der Waals surface area contributed by atoms with E-state index in [4.69, 9.17) is 4.74 Å². The van der Waals surface area contributed by atoms with E-state index in [9.17, 15) is 9.90 Å². The Hall–Kier alpha value is -0.570. The number of hydrogen-bond donors (Lipinski definition) is 1. The van der Waals surface area contributed by atoms with Gasteiger partial charge in [0.25, 0.3) is 0 Å². The molecule has 0 aliphatic carbocycles. The van der Waals surface area contributed by atoms with E-state index in [0.717, 1.165) is 6.42 Å². The molecule has 0 saturated carbocycles.